The lowest BCUT2D eigenvalue weighted by Gasteiger charge is -2.01. The molecule has 0 saturated carbocycles. The van der Waals surface area contributed by atoms with Crippen LogP contribution in [0.2, 0.25) is 0 Å². The molecule has 0 unspecified atom stereocenters. The second-order valence-electron chi connectivity index (χ2n) is 3.42. The third kappa shape index (κ3) is 2.54. The summed E-state index contributed by atoms with van der Waals surface area (Å²) in [7, 11) is 1.89. The van der Waals surface area contributed by atoms with E-state index < -0.39 is 6.03 Å². The summed E-state index contributed by atoms with van der Waals surface area (Å²) >= 11 is 1.44. The third-order valence-corrected chi connectivity index (χ3v) is 3.17. The Morgan fingerprint density at radius 2 is 2.12 bits per heavy atom. The van der Waals surface area contributed by atoms with Gasteiger partial charge in [0.25, 0.3) is 0 Å². The summed E-state index contributed by atoms with van der Waals surface area (Å²) in [6.45, 7) is 0. The SMILES string of the molecule is Cn1c(-c2ccccc2)cs/c1=N\NC(N)=O. The van der Waals surface area contributed by atoms with Crippen LogP contribution in [0.4, 0.5) is 4.79 Å². The number of carbonyl (C=O) groups is 1. The average Bonchev–Trinajstić information content (AvgIpc) is 2.69. The van der Waals surface area contributed by atoms with Gasteiger partial charge in [0.1, 0.15) is 0 Å². The number of nitrogens with two attached hydrogens (primary N) is 1. The van der Waals surface area contributed by atoms with Crippen LogP contribution in [0.3, 0.4) is 0 Å². The van der Waals surface area contributed by atoms with Gasteiger partial charge in [0.2, 0.25) is 4.80 Å². The Morgan fingerprint density at radius 3 is 2.76 bits per heavy atom. The molecule has 0 bridgehead atoms. The molecule has 2 amide bonds. The molecule has 3 N–H and O–H groups in total. The second-order valence-corrected chi connectivity index (χ2v) is 4.25. The molecule has 0 aliphatic carbocycles. The van der Waals surface area contributed by atoms with Gasteiger partial charge in [-0.1, -0.05) is 30.3 Å². The van der Waals surface area contributed by atoms with Gasteiger partial charge in [-0.25, -0.2) is 10.2 Å². The maximum Gasteiger partial charge on any atom is 0.332 e. The molecular weight excluding hydrogens is 236 g/mol. The number of benzene rings is 1. The number of hydrogen-bond acceptors (Lipinski definition) is 3. The summed E-state index contributed by atoms with van der Waals surface area (Å²) in [5, 5.41) is 5.89. The van der Waals surface area contributed by atoms with Crippen LogP contribution in [0.25, 0.3) is 11.3 Å². The van der Waals surface area contributed by atoms with Crippen molar-refractivity contribution in [2.24, 2.45) is 17.9 Å². The van der Waals surface area contributed by atoms with E-state index in [-0.39, 0.29) is 0 Å². The molecular formula is C11H12N4OS. The van der Waals surface area contributed by atoms with Gasteiger partial charge >= 0.3 is 6.03 Å². The molecule has 2 aromatic rings. The summed E-state index contributed by atoms with van der Waals surface area (Å²) in [5.74, 6) is 0. The van der Waals surface area contributed by atoms with Gasteiger partial charge < -0.3 is 10.3 Å². The van der Waals surface area contributed by atoms with Crippen LogP contribution in [0.5, 0.6) is 0 Å². The third-order valence-electron chi connectivity index (χ3n) is 2.26. The fraction of sp³-hybridized carbons (Fsp3) is 0.0909. The number of nitrogens with one attached hydrogen (secondary N) is 1. The highest BCUT2D eigenvalue weighted by Crippen LogP contribution is 2.18. The molecule has 2 rings (SSSR count). The summed E-state index contributed by atoms with van der Waals surface area (Å²) < 4.78 is 1.90. The Labute approximate surface area is 102 Å². The van der Waals surface area contributed by atoms with E-state index in [1.165, 1.54) is 11.3 Å². The van der Waals surface area contributed by atoms with Crippen LogP contribution in [0.1, 0.15) is 0 Å². The molecule has 0 aliphatic heterocycles. The van der Waals surface area contributed by atoms with Crippen LogP contribution < -0.4 is 16.0 Å². The molecule has 1 heterocycles. The summed E-state index contributed by atoms with van der Waals surface area (Å²) in [6.07, 6.45) is 0. The highest BCUT2D eigenvalue weighted by Gasteiger charge is 2.03. The standard InChI is InChI=1S/C11H12N4OS/c1-15-9(8-5-3-2-4-6-8)7-17-11(15)14-13-10(12)16/h2-7H,1H3,(H3,12,13,16)/b14-11-. The Kier molecular flexibility index (Phi) is 3.24. The average molecular weight is 248 g/mol. The maximum atomic E-state index is 10.6. The number of carbonyl (C=O) groups excluding carboxylic acids is 1. The molecule has 0 atom stereocenters. The van der Waals surface area contributed by atoms with Crippen LogP contribution >= 0.6 is 11.3 Å². The normalized spacial score (nSPS) is 11.5. The largest absolute Gasteiger partial charge is 0.350 e. The van der Waals surface area contributed by atoms with Crippen molar-refractivity contribution in [1.29, 1.82) is 0 Å². The first-order valence-corrected chi connectivity index (χ1v) is 5.85. The van der Waals surface area contributed by atoms with Crippen molar-refractivity contribution in [1.82, 2.24) is 9.99 Å². The molecule has 0 saturated heterocycles. The summed E-state index contributed by atoms with van der Waals surface area (Å²) in [6, 6.07) is 9.30. The number of rotatable bonds is 2. The van der Waals surface area contributed by atoms with Crippen LogP contribution in [0, 0.1) is 0 Å². The van der Waals surface area contributed by atoms with E-state index in [0.29, 0.717) is 4.80 Å². The van der Waals surface area contributed by atoms with E-state index in [1.54, 1.807) is 0 Å². The van der Waals surface area contributed by atoms with E-state index >= 15 is 0 Å². The highest BCUT2D eigenvalue weighted by molar-refractivity contribution is 7.07. The van der Waals surface area contributed by atoms with Crippen molar-refractivity contribution < 1.29 is 4.79 Å². The molecule has 0 fully saturated rings. The van der Waals surface area contributed by atoms with Crippen molar-refractivity contribution in [3.63, 3.8) is 0 Å². The van der Waals surface area contributed by atoms with Crippen molar-refractivity contribution in [2.45, 2.75) is 0 Å². The number of nitrogens with zero attached hydrogens (tertiary/aromatic N) is 2. The number of thiazole rings is 1. The lowest BCUT2D eigenvalue weighted by molar-refractivity contribution is 0.249. The van der Waals surface area contributed by atoms with Crippen LogP contribution in [-0.4, -0.2) is 10.6 Å². The molecule has 0 radical (unpaired) electrons. The van der Waals surface area contributed by atoms with Crippen molar-refractivity contribution >= 4 is 17.4 Å². The van der Waals surface area contributed by atoms with Crippen LogP contribution in [0.15, 0.2) is 40.8 Å². The number of hydrogen-bond donors (Lipinski definition) is 2. The predicted octanol–water partition coefficient (Wildman–Crippen LogP) is 1.24. The molecule has 5 nitrogen and oxygen atoms in total. The van der Waals surface area contributed by atoms with Gasteiger partial charge in [-0.2, -0.15) is 0 Å². The molecule has 0 spiro atoms. The zero-order valence-electron chi connectivity index (χ0n) is 9.25. The second kappa shape index (κ2) is 4.84. The number of aromatic nitrogens is 1. The van der Waals surface area contributed by atoms with Gasteiger partial charge in [0.15, 0.2) is 0 Å². The van der Waals surface area contributed by atoms with Gasteiger partial charge in [0.05, 0.1) is 5.69 Å². The van der Waals surface area contributed by atoms with Crippen LogP contribution in [-0.2, 0) is 7.05 Å². The van der Waals surface area contributed by atoms with Crippen molar-refractivity contribution in [3.8, 4) is 11.3 Å². The molecule has 88 valence electrons. The van der Waals surface area contributed by atoms with Gasteiger partial charge in [-0.05, 0) is 5.56 Å². The van der Waals surface area contributed by atoms with Gasteiger partial charge in [-0.15, -0.1) is 16.4 Å². The Morgan fingerprint density at radius 1 is 1.41 bits per heavy atom. The van der Waals surface area contributed by atoms with Crippen molar-refractivity contribution in [2.75, 3.05) is 0 Å². The smallest absolute Gasteiger partial charge is 0.332 e. The molecule has 0 aliphatic rings. The van der Waals surface area contributed by atoms with E-state index in [1.807, 2.05) is 47.3 Å². The van der Waals surface area contributed by atoms with E-state index in [2.05, 4.69) is 10.5 Å². The zero-order chi connectivity index (χ0) is 12.3. The number of primary amides is 1. The Balaban J connectivity index is 2.40. The zero-order valence-corrected chi connectivity index (χ0v) is 10.1. The maximum absolute atomic E-state index is 10.6. The predicted molar refractivity (Wildman–Crippen MR) is 67.0 cm³/mol. The number of urea groups is 1. The lowest BCUT2D eigenvalue weighted by atomic mass is 10.2. The minimum atomic E-state index is -0.667. The minimum absolute atomic E-state index is 0.667. The Hall–Kier alpha value is -2.08. The fourth-order valence-electron chi connectivity index (χ4n) is 1.44. The molecule has 1 aromatic heterocycles. The Bertz CT molecular complexity index is 585. The quantitative estimate of drug-likeness (QED) is 0.771. The van der Waals surface area contributed by atoms with Gasteiger partial charge in [0, 0.05) is 12.4 Å². The molecule has 6 heteroatoms. The fourth-order valence-corrected chi connectivity index (χ4v) is 2.31. The number of amides is 2. The first-order valence-electron chi connectivity index (χ1n) is 4.97. The van der Waals surface area contributed by atoms with Crippen molar-refractivity contribution in [3.05, 3.63) is 40.5 Å². The van der Waals surface area contributed by atoms with E-state index in [9.17, 15) is 4.79 Å². The summed E-state index contributed by atoms with van der Waals surface area (Å²) in [5.41, 5.74) is 9.33. The van der Waals surface area contributed by atoms with E-state index in [4.69, 9.17) is 5.73 Å². The first-order chi connectivity index (χ1) is 8.18. The lowest BCUT2D eigenvalue weighted by Crippen LogP contribution is -2.28. The summed E-state index contributed by atoms with van der Waals surface area (Å²) in [4.78, 5) is 11.3. The topological polar surface area (TPSA) is 72.4 Å². The van der Waals surface area contributed by atoms with Gasteiger partial charge in [-0.3, -0.25) is 0 Å². The highest BCUT2D eigenvalue weighted by atomic mass is 32.1. The monoisotopic (exact) mass is 248 g/mol. The van der Waals surface area contributed by atoms with E-state index in [0.717, 1.165) is 11.3 Å². The molecule has 1 aromatic carbocycles. The molecule has 17 heavy (non-hydrogen) atoms. The minimum Gasteiger partial charge on any atom is -0.350 e. The first kappa shape index (κ1) is 11.4.